The van der Waals surface area contributed by atoms with Gasteiger partial charge in [-0.3, -0.25) is 14.8 Å². The largest absolute Gasteiger partial charge is 0.325 e. The summed E-state index contributed by atoms with van der Waals surface area (Å²) in [6.07, 6.45) is 1.25. The number of aryl methyl sites for hydroxylation is 1. The first kappa shape index (κ1) is 10.9. The third-order valence-corrected chi connectivity index (χ3v) is 1.23. The molecule has 0 spiro atoms. The molecule has 0 unspecified atom stereocenters. The molecule has 1 heterocycles. The van der Waals surface area contributed by atoms with E-state index >= 15 is 0 Å². The average molecular weight is 192 g/mol. The molecule has 68 valence electrons. The van der Waals surface area contributed by atoms with Crippen molar-refractivity contribution in [2.45, 2.75) is 13.8 Å². The molecule has 0 fully saturated rings. The third kappa shape index (κ3) is 2.50. The maximum absolute atomic E-state index is 10.1. The van der Waals surface area contributed by atoms with E-state index < -0.39 is 4.92 Å². The van der Waals surface area contributed by atoms with E-state index in [1.54, 1.807) is 7.05 Å². The van der Waals surface area contributed by atoms with E-state index in [2.05, 4.69) is 5.10 Å². The van der Waals surface area contributed by atoms with E-state index in [4.69, 9.17) is 11.6 Å². The zero-order valence-electron chi connectivity index (χ0n) is 7.11. The lowest BCUT2D eigenvalue weighted by Crippen LogP contribution is -1.86. The van der Waals surface area contributed by atoms with Gasteiger partial charge in [-0.15, -0.1) is 0 Å². The SMILES string of the molecule is CC.Cn1cc([N+](=O)[O-])c(Cl)n1. The standard InChI is InChI=1S/C4H4ClN3O2.C2H6/c1-7-2-3(8(9)10)4(5)6-7;1-2/h2H,1H3;1-2H3. The van der Waals surface area contributed by atoms with Crippen LogP contribution in [0.3, 0.4) is 0 Å². The smallest absolute Gasteiger partial charge is 0.267 e. The molecule has 1 aromatic heterocycles. The maximum Gasteiger partial charge on any atom is 0.325 e. The third-order valence-electron chi connectivity index (χ3n) is 0.963. The maximum atomic E-state index is 10.1. The lowest BCUT2D eigenvalue weighted by molar-refractivity contribution is -0.384. The summed E-state index contributed by atoms with van der Waals surface area (Å²) in [5.74, 6) is 0. The molecule has 0 aliphatic carbocycles. The van der Waals surface area contributed by atoms with Crippen LogP contribution in [0.5, 0.6) is 0 Å². The Balaban J connectivity index is 0.000000561. The molecule has 0 aliphatic rings. The molecular weight excluding hydrogens is 182 g/mol. The molecule has 1 rings (SSSR count). The van der Waals surface area contributed by atoms with Gasteiger partial charge in [0.1, 0.15) is 6.20 Å². The minimum atomic E-state index is -0.574. The van der Waals surface area contributed by atoms with Crippen molar-refractivity contribution in [2.24, 2.45) is 7.05 Å². The van der Waals surface area contributed by atoms with Gasteiger partial charge in [0.15, 0.2) is 0 Å². The van der Waals surface area contributed by atoms with Gasteiger partial charge in [-0.1, -0.05) is 25.4 Å². The fraction of sp³-hybridized carbons (Fsp3) is 0.500. The molecule has 12 heavy (non-hydrogen) atoms. The average Bonchev–Trinajstić information content (AvgIpc) is 2.34. The zero-order valence-corrected chi connectivity index (χ0v) is 7.87. The number of halogens is 1. The topological polar surface area (TPSA) is 61.0 Å². The molecule has 0 saturated heterocycles. The summed E-state index contributed by atoms with van der Waals surface area (Å²) in [5, 5.41) is 13.6. The second-order valence-corrected chi connectivity index (χ2v) is 2.09. The van der Waals surface area contributed by atoms with Crippen LogP contribution < -0.4 is 0 Å². The van der Waals surface area contributed by atoms with Crippen LogP contribution >= 0.6 is 11.6 Å². The van der Waals surface area contributed by atoms with E-state index in [0.29, 0.717) is 0 Å². The molecule has 5 nitrogen and oxygen atoms in total. The number of hydrogen-bond acceptors (Lipinski definition) is 3. The van der Waals surface area contributed by atoms with Gasteiger partial charge >= 0.3 is 5.69 Å². The zero-order chi connectivity index (χ0) is 9.72. The van der Waals surface area contributed by atoms with E-state index in [-0.39, 0.29) is 10.8 Å². The molecule has 6 heteroatoms. The number of nitro groups is 1. The second-order valence-electron chi connectivity index (χ2n) is 1.74. The van der Waals surface area contributed by atoms with Gasteiger partial charge in [-0.05, 0) is 0 Å². The van der Waals surface area contributed by atoms with Crippen molar-refractivity contribution in [1.82, 2.24) is 9.78 Å². The van der Waals surface area contributed by atoms with E-state index in [1.807, 2.05) is 13.8 Å². The van der Waals surface area contributed by atoms with E-state index in [0.717, 1.165) is 0 Å². The van der Waals surface area contributed by atoms with Crippen molar-refractivity contribution >= 4 is 17.3 Å². The Kier molecular flexibility index (Phi) is 4.28. The lowest BCUT2D eigenvalue weighted by Gasteiger charge is -1.80. The predicted molar refractivity (Wildman–Crippen MR) is 46.2 cm³/mol. The summed E-state index contributed by atoms with van der Waals surface area (Å²) in [6.45, 7) is 4.00. The number of aromatic nitrogens is 2. The molecule has 0 radical (unpaired) electrons. The second kappa shape index (κ2) is 4.71. The van der Waals surface area contributed by atoms with Crippen LogP contribution in [0.2, 0.25) is 5.15 Å². The van der Waals surface area contributed by atoms with Crippen LogP contribution in [0.1, 0.15) is 13.8 Å². The highest BCUT2D eigenvalue weighted by Crippen LogP contribution is 2.20. The van der Waals surface area contributed by atoms with Crippen LogP contribution in [0.4, 0.5) is 5.69 Å². The van der Waals surface area contributed by atoms with Crippen molar-refractivity contribution < 1.29 is 4.92 Å². The molecule has 0 amide bonds. The van der Waals surface area contributed by atoms with Gasteiger partial charge in [-0.25, -0.2) is 0 Å². The Hall–Kier alpha value is -1.10. The molecule has 0 aromatic carbocycles. The monoisotopic (exact) mass is 191 g/mol. The Morgan fingerprint density at radius 3 is 2.33 bits per heavy atom. The summed E-state index contributed by atoms with van der Waals surface area (Å²) < 4.78 is 1.29. The quantitative estimate of drug-likeness (QED) is 0.504. The minimum Gasteiger partial charge on any atom is -0.267 e. The summed E-state index contributed by atoms with van der Waals surface area (Å²) in [5.41, 5.74) is -0.163. The van der Waals surface area contributed by atoms with E-state index in [1.165, 1.54) is 10.9 Å². The normalized spacial score (nSPS) is 8.67. The Morgan fingerprint density at radius 2 is 2.17 bits per heavy atom. The van der Waals surface area contributed by atoms with Gasteiger partial charge in [0, 0.05) is 7.05 Å². The first-order chi connectivity index (χ1) is 5.61. The number of hydrogen-bond donors (Lipinski definition) is 0. The van der Waals surface area contributed by atoms with Crippen molar-refractivity contribution in [2.75, 3.05) is 0 Å². The Morgan fingerprint density at radius 1 is 1.67 bits per heavy atom. The summed E-state index contributed by atoms with van der Waals surface area (Å²) >= 11 is 5.37. The number of nitrogens with zero attached hydrogens (tertiary/aromatic N) is 3. The lowest BCUT2D eigenvalue weighted by atomic mass is 10.6. The molecule has 1 aromatic rings. The van der Waals surface area contributed by atoms with Crippen LogP contribution in [0, 0.1) is 10.1 Å². The fourth-order valence-corrected chi connectivity index (χ4v) is 0.808. The summed E-state index contributed by atoms with van der Waals surface area (Å²) in [4.78, 5) is 9.53. The van der Waals surface area contributed by atoms with Crippen molar-refractivity contribution in [3.05, 3.63) is 21.5 Å². The summed E-state index contributed by atoms with van der Waals surface area (Å²) in [6, 6.07) is 0. The van der Waals surface area contributed by atoms with Crippen LogP contribution in [0.15, 0.2) is 6.20 Å². The highest BCUT2D eigenvalue weighted by molar-refractivity contribution is 6.31. The predicted octanol–water partition coefficient (Wildman–Crippen LogP) is 2.01. The van der Waals surface area contributed by atoms with E-state index in [9.17, 15) is 10.1 Å². The first-order valence-corrected chi connectivity index (χ1v) is 3.82. The highest BCUT2D eigenvalue weighted by Gasteiger charge is 2.15. The number of rotatable bonds is 1. The van der Waals surface area contributed by atoms with Gasteiger partial charge in [-0.2, -0.15) is 5.10 Å². The minimum absolute atomic E-state index is 0.0764. The molecule has 0 bridgehead atoms. The first-order valence-electron chi connectivity index (χ1n) is 3.45. The van der Waals surface area contributed by atoms with Crippen LogP contribution in [-0.4, -0.2) is 14.7 Å². The van der Waals surface area contributed by atoms with Gasteiger partial charge in [0.05, 0.1) is 4.92 Å². The molecular formula is C6H10ClN3O2. The molecule has 0 N–H and O–H groups in total. The fourth-order valence-electron chi connectivity index (χ4n) is 0.571. The van der Waals surface area contributed by atoms with Crippen molar-refractivity contribution in [3.8, 4) is 0 Å². The van der Waals surface area contributed by atoms with Crippen LogP contribution in [0.25, 0.3) is 0 Å². The van der Waals surface area contributed by atoms with Gasteiger partial charge < -0.3 is 0 Å². The molecule has 0 atom stereocenters. The Labute approximate surface area is 75.1 Å². The van der Waals surface area contributed by atoms with Crippen molar-refractivity contribution in [3.63, 3.8) is 0 Å². The molecule has 0 saturated carbocycles. The highest BCUT2D eigenvalue weighted by atomic mass is 35.5. The summed E-state index contributed by atoms with van der Waals surface area (Å²) in [7, 11) is 1.57. The van der Waals surface area contributed by atoms with Crippen molar-refractivity contribution in [1.29, 1.82) is 0 Å². The van der Waals surface area contributed by atoms with Crippen LogP contribution in [-0.2, 0) is 7.05 Å². The molecule has 0 aliphatic heterocycles. The Bertz CT molecular complexity index is 272. The van der Waals surface area contributed by atoms with Gasteiger partial charge in [0.25, 0.3) is 0 Å². The van der Waals surface area contributed by atoms with Gasteiger partial charge in [0.2, 0.25) is 5.15 Å².